The highest BCUT2D eigenvalue weighted by Crippen LogP contribution is 2.27. The molecule has 0 aliphatic rings. The molecule has 6 heteroatoms. The first-order chi connectivity index (χ1) is 8.61. The fourth-order valence-electron chi connectivity index (χ4n) is 1.52. The Morgan fingerprint density at radius 2 is 2.28 bits per heavy atom. The van der Waals surface area contributed by atoms with Crippen molar-refractivity contribution in [3.8, 4) is 5.75 Å². The van der Waals surface area contributed by atoms with Crippen molar-refractivity contribution in [3.05, 3.63) is 34.3 Å². The third-order valence-electron chi connectivity index (χ3n) is 2.42. The molecule has 0 saturated heterocycles. The molecule has 0 radical (unpaired) electrons. The van der Waals surface area contributed by atoms with E-state index in [1.54, 1.807) is 37.7 Å². The van der Waals surface area contributed by atoms with Gasteiger partial charge >= 0.3 is 0 Å². The number of thiazole rings is 1. The molecule has 1 heterocycles. The second kappa shape index (κ2) is 5.05. The number of nitrogens with zero attached hydrogens (tertiary/aromatic N) is 1. The number of carbonyl (C=O) groups excluding carboxylic acids is 1. The average molecular weight is 263 g/mol. The zero-order chi connectivity index (χ0) is 13.1. The summed E-state index contributed by atoms with van der Waals surface area (Å²) in [4.78, 5) is 16.7. The quantitative estimate of drug-likeness (QED) is 0.833. The second-order valence-corrected chi connectivity index (χ2v) is 4.54. The number of hydrogen-bond donors (Lipinski definition) is 2. The lowest BCUT2D eigenvalue weighted by Gasteiger charge is -2.10. The Labute approximate surface area is 109 Å². The number of nitrogens with two attached hydrogens (primary N) is 1. The van der Waals surface area contributed by atoms with Crippen LogP contribution in [0.25, 0.3) is 0 Å². The molecular weight excluding hydrogens is 250 g/mol. The third-order valence-corrected chi connectivity index (χ3v) is 3.35. The molecule has 3 N–H and O–H groups in total. The van der Waals surface area contributed by atoms with Gasteiger partial charge in [-0.15, -0.1) is 11.3 Å². The Morgan fingerprint density at radius 1 is 1.50 bits per heavy atom. The van der Waals surface area contributed by atoms with Crippen LogP contribution in [0, 0.1) is 6.92 Å². The summed E-state index contributed by atoms with van der Waals surface area (Å²) in [6.07, 6.45) is 0. The van der Waals surface area contributed by atoms with Crippen LogP contribution < -0.4 is 15.8 Å². The van der Waals surface area contributed by atoms with Crippen molar-refractivity contribution in [3.63, 3.8) is 0 Å². The van der Waals surface area contributed by atoms with Crippen LogP contribution in [0.15, 0.2) is 23.7 Å². The maximum Gasteiger partial charge on any atom is 0.267 e. The van der Waals surface area contributed by atoms with Gasteiger partial charge < -0.3 is 15.8 Å². The van der Waals surface area contributed by atoms with Crippen molar-refractivity contribution >= 4 is 28.6 Å². The van der Waals surface area contributed by atoms with E-state index in [-0.39, 0.29) is 5.91 Å². The number of nitrogen functional groups attached to an aromatic ring is 1. The Kier molecular flexibility index (Phi) is 3.47. The number of ether oxygens (including phenoxy) is 1. The summed E-state index contributed by atoms with van der Waals surface area (Å²) in [7, 11) is 1.54. The van der Waals surface area contributed by atoms with E-state index >= 15 is 0 Å². The van der Waals surface area contributed by atoms with Gasteiger partial charge in [-0.3, -0.25) is 4.79 Å². The first-order valence-electron chi connectivity index (χ1n) is 5.26. The van der Waals surface area contributed by atoms with Gasteiger partial charge in [0.15, 0.2) is 0 Å². The molecule has 0 aliphatic heterocycles. The Bertz CT molecular complexity index is 580. The minimum Gasteiger partial charge on any atom is -0.495 e. The SMILES string of the molecule is COc1ccc(N)cc1NC(=O)c1scnc1C. The van der Waals surface area contributed by atoms with Gasteiger partial charge in [-0.1, -0.05) is 0 Å². The van der Waals surface area contributed by atoms with Crippen LogP contribution in [-0.2, 0) is 0 Å². The number of hydrogen-bond acceptors (Lipinski definition) is 5. The monoisotopic (exact) mass is 263 g/mol. The lowest BCUT2D eigenvalue weighted by Crippen LogP contribution is -2.12. The summed E-state index contributed by atoms with van der Waals surface area (Å²) in [5.41, 5.74) is 9.15. The second-order valence-electron chi connectivity index (χ2n) is 3.68. The number of aromatic nitrogens is 1. The molecule has 0 atom stereocenters. The van der Waals surface area contributed by atoms with Gasteiger partial charge in [-0.2, -0.15) is 0 Å². The molecule has 0 saturated carbocycles. The molecule has 0 spiro atoms. The van der Waals surface area contributed by atoms with E-state index in [4.69, 9.17) is 10.5 Å². The molecule has 94 valence electrons. The topological polar surface area (TPSA) is 77.2 Å². The molecule has 0 unspecified atom stereocenters. The van der Waals surface area contributed by atoms with Crippen molar-refractivity contribution in [2.75, 3.05) is 18.2 Å². The summed E-state index contributed by atoms with van der Waals surface area (Å²) in [6, 6.07) is 5.09. The molecule has 18 heavy (non-hydrogen) atoms. The standard InChI is InChI=1S/C12H13N3O2S/c1-7-11(18-6-14-7)12(16)15-9-5-8(13)3-4-10(9)17-2/h3-6H,13H2,1-2H3,(H,15,16). The fourth-order valence-corrected chi connectivity index (χ4v) is 2.22. The molecule has 1 aromatic heterocycles. The number of rotatable bonds is 3. The maximum atomic E-state index is 12.0. The van der Waals surface area contributed by atoms with Crippen LogP contribution in [0.3, 0.4) is 0 Å². The number of amides is 1. The summed E-state index contributed by atoms with van der Waals surface area (Å²) in [5.74, 6) is 0.360. The summed E-state index contributed by atoms with van der Waals surface area (Å²) in [5, 5.41) is 2.77. The number of aryl methyl sites for hydroxylation is 1. The molecule has 2 rings (SSSR count). The Morgan fingerprint density at radius 3 is 2.89 bits per heavy atom. The van der Waals surface area contributed by atoms with Crippen molar-refractivity contribution in [2.24, 2.45) is 0 Å². The summed E-state index contributed by atoms with van der Waals surface area (Å²) < 4.78 is 5.17. The highest BCUT2D eigenvalue weighted by Gasteiger charge is 2.14. The molecule has 0 fully saturated rings. The lowest BCUT2D eigenvalue weighted by molar-refractivity contribution is 0.102. The van der Waals surface area contributed by atoms with Crippen LogP contribution in [0.2, 0.25) is 0 Å². The van der Waals surface area contributed by atoms with E-state index in [0.717, 1.165) is 0 Å². The first kappa shape index (κ1) is 12.4. The van der Waals surface area contributed by atoms with Gasteiger partial charge in [-0.05, 0) is 25.1 Å². The zero-order valence-electron chi connectivity index (χ0n) is 10.1. The van der Waals surface area contributed by atoms with E-state index in [2.05, 4.69) is 10.3 Å². The molecular formula is C12H13N3O2S. The average Bonchev–Trinajstić information content (AvgIpc) is 2.76. The van der Waals surface area contributed by atoms with Crippen LogP contribution >= 0.6 is 11.3 Å². The minimum atomic E-state index is -0.209. The van der Waals surface area contributed by atoms with E-state index < -0.39 is 0 Å². The summed E-state index contributed by atoms with van der Waals surface area (Å²) in [6.45, 7) is 1.79. The predicted octanol–water partition coefficient (Wildman–Crippen LogP) is 2.29. The van der Waals surface area contributed by atoms with Crippen LogP contribution in [0.1, 0.15) is 15.4 Å². The van der Waals surface area contributed by atoms with E-state index in [9.17, 15) is 4.79 Å². The molecule has 2 aromatic rings. The molecule has 1 amide bonds. The van der Waals surface area contributed by atoms with Gasteiger partial charge in [0.05, 0.1) is 24.0 Å². The van der Waals surface area contributed by atoms with Gasteiger partial charge in [0, 0.05) is 5.69 Å². The first-order valence-corrected chi connectivity index (χ1v) is 6.14. The highest BCUT2D eigenvalue weighted by atomic mass is 32.1. The smallest absolute Gasteiger partial charge is 0.267 e. The van der Waals surface area contributed by atoms with Crippen LogP contribution in [0.4, 0.5) is 11.4 Å². The molecule has 1 aromatic carbocycles. The highest BCUT2D eigenvalue weighted by molar-refractivity contribution is 7.12. The number of carbonyl (C=O) groups is 1. The number of benzene rings is 1. The zero-order valence-corrected chi connectivity index (χ0v) is 10.9. The van der Waals surface area contributed by atoms with Crippen LogP contribution in [0.5, 0.6) is 5.75 Å². The lowest BCUT2D eigenvalue weighted by atomic mass is 10.2. The van der Waals surface area contributed by atoms with Crippen molar-refractivity contribution in [2.45, 2.75) is 6.92 Å². The van der Waals surface area contributed by atoms with Crippen molar-refractivity contribution in [1.29, 1.82) is 0 Å². The number of anilines is 2. The maximum absolute atomic E-state index is 12.0. The molecule has 0 aliphatic carbocycles. The third kappa shape index (κ3) is 2.43. The van der Waals surface area contributed by atoms with Crippen LogP contribution in [-0.4, -0.2) is 18.0 Å². The Hall–Kier alpha value is -2.08. The van der Waals surface area contributed by atoms with Crippen molar-refractivity contribution in [1.82, 2.24) is 4.98 Å². The molecule has 0 bridgehead atoms. The van der Waals surface area contributed by atoms with Crippen molar-refractivity contribution < 1.29 is 9.53 Å². The van der Waals surface area contributed by atoms with Gasteiger partial charge in [0.25, 0.3) is 5.91 Å². The minimum absolute atomic E-state index is 0.209. The van der Waals surface area contributed by atoms with Gasteiger partial charge in [0.1, 0.15) is 10.6 Å². The number of nitrogens with one attached hydrogen (secondary N) is 1. The normalized spacial score (nSPS) is 10.1. The van der Waals surface area contributed by atoms with Gasteiger partial charge in [-0.25, -0.2) is 4.98 Å². The largest absolute Gasteiger partial charge is 0.495 e. The van der Waals surface area contributed by atoms with E-state index in [1.807, 2.05) is 0 Å². The Balaban J connectivity index is 2.27. The predicted molar refractivity (Wildman–Crippen MR) is 72.2 cm³/mol. The number of methoxy groups -OCH3 is 1. The molecule has 5 nitrogen and oxygen atoms in total. The fraction of sp³-hybridized carbons (Fsp3) is 0.167. The van der Waals surface area contributed by atoms with E-state index in [1.165, 1.54) is 11.3 Å². The van der Waals surface area contributed by atoms with E-state index in [0.29, 0.717) is 27.7 Å². The summed E-state index contributed by atoms with van der Waals surface area (Å²) >= 11 is 1.30. The van der Waals surface area contributed by atoms with Gasteiger partial charge in [0.2, 0.25) is 0 Å².